The van der Waals surface area contributed by atoms with Crippen LogP contribution in [-0.4, -0.2) is 53.1 Å². The van der Waals surface area contributed by atoms with Gasteiger partial charge in [0, 0.05) is 16.6 Å². The van der Waals surface area contributed by atoms with Crippen LogP contribution >= 0.6 is 15.9 Å². The van der Waals surface area contributed by atoms with Crippen LogP contribution in [0.15, 0.2) is 58.2 Å². The summed E-state index contributed by atoms with van der Waals surface area (Å²) in [6.07, 6.45) is 3.02. The summed E-state index contributed by atoms with van der Waals surface area (Å²) >= 11 is 3.41. The third-order valence-corrected chi connectivity index (χ3v) is 5.95. The van der Waals surface area contributed by atoms with E-state index in [2.05, 4.69) is 31.3 Å². The van der Waals surface area contributed by atoms with Crippen molar-refractivity contribution >= 4 is 32.9 Å². The van der Waals surface area contributed by atoms with Crippen molar-refractivity contribution in [2.24, 2.45) is 0 Å². The number of halogens is 1. The van der Waals surface area contributed by atoms with Crippen molar-refractivity contribution in [2.75, 3.05) is 27.9 Å². The highest BCUT2D eigenvalue weighted by atomic mass is 79.9. The van der Waals surface area contributed by atoms with E-state index in [4.69, 9.17) is 14.2 Å². The molecule has 1 amide bonds. The molecule has 0 atom stereocenters. The molecule has 4 aromatic rings. The highest BCUT2D eigenvalue weighted by molar-refractivity contribution is 9.10. The van der Waals surface area contributed by atoms with Gasteiger partial charge in [0.2, 0.25) is 5.75 Å². The molecule has 11 heteroatoms. The molecule has 0 unspecified atom stereocenters. The van der Waals surface area contributed by atoms with Crippen LogP contribution in [0.5, 0.6) is 17.2 Å². The van der Waals surface area contributed by atoms with E-state index in [1.807, 2.05) is 24.3 Å². The highest BCUT2D eigenvalue weighted by Crippen LogP contribution is 2.38. The zero-order chi connectivity index (χ0) is 24.9. The zero-order valence-electron chi connectivity index (χ0n) is 19.4. The van der Waals surface area contributed by atoms with Crippen molar-refractivity contribution in [3.05, 3.63) is 74.9 Å². The molecule has 0 bridgehead atoms. The Balaban J connectivity index is 1.45. The highest BCUT2D eigenvalue weighted by Gasteiger charge is 2.17. The number of hydrogen-bond donors (Lipinski definition) is 1. The second-order valence-corrected chi connectivity index (χ2v) is 8.49. The maximum absolute atomic E-state index is 12.9. The van der Waals surface area contributed by atoms with Gasteiger partial charge in [-0.25, -0.2) is 9.67 Å². The number of aromatic nitrogens is 4. The van der Waals surface area contributed by atoms with E-state index in [9.17, 15) is 9.59 Å². The number of hydrogen-bond acceptors (Lipinski definition) is 7. The fraction of sp³-hybridized carbons (Fsp3) is 0.250. The van der Waals surface area contributed by atoms with Crippen LogP contribution in [0.2, 0.25) is 0 Å². The molecule has 0 spiro atoms. The van der Waals surface area contributed by atoms with Gasteiger partial charge in [0.05, 0.1) is 40.6 Å². The van der Waals surface area contributed by atoms with Gasteiger partial charge in [0.25, 0.3) is 11.5 Å². The molecule has 1 N–H and O–H groups in total. The van der Waals surface area contributed by atoms with Crippen LogP contribution in [-0.2, 0) is 13.1 Å². The minimum atomic E-state index is -0.314. The Morgan fingerprint density at radius 2 is 1.74 bits per heavy atom. The van der Waals surface area contributed by atoms with Crippen molar-refractivity contribution in [3.8, 4) is 17.2 Å². The summed E-state index contributed by atoms with van der Waals surface area (Å²) in [4.78, 5) is 30.0. The lowest BCUT2D eigenvalue weighted by Crippen LogP contribution is -2.28. The molecule has 182 valence electrons. The van der Waals surface area contributed by atoms with E-state index in [0.29, 0.717) is 46.9 Å². The number of fused-ring (bicyclic) bond motifs is 1. The Morgan fingerprint density at radius 3 is 2.37 bits per heavy atom. The first kappa shape index (κ1) is 24.3. The minimum absolute atomic E-state index is 0.175. The fourth-order valence-corrected chi connectivity index (χ4v) is 3.91. The lowest BCUT2D eigenvalue weighted by atomic mass is 10.1. The van der Waals surface area contributed by atoms with Crippen molar-refractivity contribution < 1.29 is 19.0 Å². The number of carbonyl (C=O) groups excluding carboxylic acids is 1. The summed E-state index contributed by atoms with van der Waals surface area (Å²) in [6.45, 7) is 1.02. The van der Waals surface area contributed by atoms with E-state index in [1.54, 1.807) is 21.4 Å². The first-order chi connectivity index (χ1) is 16.9. The number of benzene rings is 2. The van der Waals surface area contributed by atoms with Gasteiger partial charge in [-0.2, -0.15) is 5.10 Å². The number of ether oxygens (including phenoxy) is 3. The molecule has 10 nitrogen and oxygen atoms in total. The van der Waals surface area contributed by atoms with Crippen molar-refractivity contribution in [1.29, 1.82) is 0 Å². The fourth-order valence-electron chi connectivity index (χ4n) is 3.65. The van der Waals surface area contributed by atoms with E-state index < -0.39 is 0 Å². The van der Waals surface area contributed by atoms with Crippen LogP contribution in [0.25, 0.3) is 11.0 Å². The first-order valence-electron chi connectivity index (χ1n) is 10.7. The monoisotopic (exact) mass is 541 g/mol. The quantitative estimate of drug-likeness (QED) is 0.347. The molecule has 2 aromatic heterocycles. The van der Waals surface area contributed by atoms with Gasteiger partial charge in [-0.15, -0.1) is 0 Å². The first-order valence-corrected chi connectivity index (χ1v) is 11.5. The van der Waals surface area contributed by atoms with Crippen LogP contribution < -0.4 is 25.1 Å². The van der Waals surface area contributed by atoms with Gasteiger partial charge in [0.1, 0.15) is 11.7 Å². The molecular formula is C24H24BrN5O5. The summed E-state index contributed by atoms with van der Waals surface area (Å²) < 4.78 is 20.0. The van der Waals surface area contributed by atoms with Crippen LogP contribution in [0.3, 0.4) is 0 Å². The third-order valence-electron chi connectivity index (χ3n) is 5.42. The average molecular weight is 542 g/mol. The summed E-state index contributed by atoms with van der Waals surface area (Å²) in [5, 5.41) is 7.55. The molecule has 0 saturated heterocycles. The summed E-state index contributed by atoms with van der Waals surface area (Å²) in [5.41, 5.74) is 1.63. The van der Waals surface area contributed by atoms with Gasteiger partial charge in [-0.05, 0) is 29.8 Å². The molecule has 4 rings (SSSR count). The van der Waals surface area contributed by atoms with Crippen molar-refractivity contribution in [1.82, 2.24) is 24.6 Å². The van der Waals surface area contributed by atoms with E-state index in [0.717, 1.165) is 10.0 Å². The second-order valence-electron chi connectivity index (χ2n) is 7.58. The third kappa shape index (κ3) is 5.14. The topological polar surface area (TPSA) is 110 Å². The van der Waals surface area contributed by atoms with Gasteiger partial charge < -0.3 is 19.5 Å². The molecule has 0 fully saturated rings. The van der Waals surface area contributed by atoms with Crippen molar-refractivity contribution in [2.45, 2.75) is 13.1 Å². The second kappa shape index (κ2) is 10.6. The molecule has 35 heavy (non-hydrogen) atoms. The summed E-state index contributed by atoms with van der Waals surface area (Å²) in [5.74, 6) is 0.870. The minimum Gasteiger partial charge on any atom is -0.493 e. The van der Waals surface area contributed by atoms with Crippen LogP contribution in [0.4, 0.5) is 0 Å². The van der Waals surface area contributed by atoms with E-state index in [-0.39, 0.29) is 18.0 Å². The largest absolute Gasteiger partial charge is 0.493 e. The summed E-state index contributed by atoms with van der Waals surface area (Å²) in [7, 11) is 4.47. The standard InChI is InChI=1S/C24H24BrN5O5/c1-33-19-10-16(11-20(34-2)21(19)35-3)23(31)26-8-9-30-22-18(12-28-30)24(32)29(14-27-22)13-15-4-6-17(25)7-5-15/h4-7,10-12,14H,8-9,13H2,1-3H3,(H,26,31). The van der Waals surface area contributed by atoms with Crippen LogP contribution in [0.1, 0.15) is 15.9 Å². The number of methoxy groups -OCH3 is 3. The number of rotatable bonds is 9. The molecule has 0 aliphatic rings. The molecule has 0 aliphatic heterocycles. The Morgan fingerprint density at radius 1 is 1.06 bits per heavy atom. The predicted octanol–water partition coefficient (Wildman–Crippen LogP) is 2.86. The van der Waals surface area contributed by atoms with Gasteiger partial charge in [-0.3, -0.25) is 14.2 Å². The molecule has 0 saturated carbocycles. The molecular weight excluding hydrogens is 518 g/mol. The zero-order valence-corrected chi connectivity index (χ0v) is 21.0. The smallest absolute Gasteiger partial charge is 0.264 e. The Hall–Kier alpha value is -3.86. The molecule has 0 aliphatic carbocycles. The van der Waals surface area contributed by atoms with Crippen molar-refractivity contribution in [3.63, 3.8) is 0 Å². The lowest BCUT2D eigenvalue weighted by molar-refractivity contribution is 0.0951. The van der Waals surface area contributed by atoms with E-state index >= 15 is 0 Å². The SMILES string of the molecule is COc1cc(C(=O)NCCn2ncc3c(=O)n(Cc4ccc(Br)cc4)cnc32)cc(OC)c1OC. The molecule has 0 radical (unpaired) electrons. The number of nitrogens with zero attached hydrogens (tertiary/aromatic N) is 4. The Labute approximate surface area is 209 Å². The predicted molar refractivity (Wildman–Crippen MR) is 133 cm³/mol. The Bertz CT molecular complexity index is 1390. The van der Waals surface area contributed by atoms with Crippen LogP contribution in [0, 0.1) is 0 Å². The molecule has 2 heterocycles. The number of amides is 1. The Kier molecular flexibility index (Phi) is 7.35. The van der Waals surface area contributed by atoms with Gasteiger partial charge >= 0.3 is 0 Å². The van der Waals surface area contributed by atoms with E-state index in [1.165, 1.54) is 33.9 Å². The molecule has 2 aromatic carbocycles. The lowest BCUT2D eigenvalue weighted by Gasteiger charge is -2.14. The average Bonchev–Trinajstić information content (AvgIpc) is 3.29. The summed E-state index contributed by atoms with van der Waals surface area (Å²) in [6, 6.07) is 10.9. The normalized spacial score (nSPS) is 10.9. The van der Waals surface area contributed by atoms with Gasteiger partial charge in [0.15, 0.2) is 17.1 Å². The maximum Gasteiger partial charge on any atom is 0.264 e. The number of nitrogens with one attached hydrogen (secondary N) is 1. The number of carbonyl (C=O) groups is 1. The maximum atomic E-state index is 12.9. The van der Waals surface area contributed by atoms with Gasteiger partial charge in [-0.1, -0.05) is 28.1 Å².